The molecule has 0 aliphatic heterocycles. The molecule has 1 aromatic carbocycles. The predicted molar refractivity (Wildman–Crippen MR) is 79.5 cm³/mol. The summed E-state index contributed by atoms with van der Waals surface area (Å²) >= 11 is 8.01. The zero-order valence-corrected chi connectivity index (χ0v) is 12.6. The van der Waals surface area contributed by atoms with E-state index in [0.29, 0.717) is 10.7 Å². The molecule has 0 aromatic heterocycles. The zero-order valence-electron chi connectivity index (χ0n) is 9.69. The first kappa shape index (κ1) is 16.0. The van der Waals surface area contributed by atoms with Crippen LogP contribution in [0.4, 0.5) is 10.5 Å². The largest absolute Gasteiger partial charge is 0.480 e. The third kappa shape index (κ3) is 5.21. The summed E-state index contributed by atoms with van der Waals surface area (Å²) in [6.45, 7) is -0.332. The number of aliphatic hydroxyl groups is 1. The van der Waals surface area contributed by atoms with Crippen LogP contribution in [0, 0.1) is 3.57 Å². The highest BCUT2D eigenvalue weighted by Crippen LogP contribution is 2.23. The number of carbonyl (C=O) groups excluding carboxylic acids is 1. The van der Waals surface area contributed by atoms with Crippen LogP contribution in [-0.2, 0) is 4.79 Å². The SMILES string of the molecule is O=C(Nc1ccc(I)cc1Cl)NC(CCO)C(=O)O. The highest BCUT2D eigenvalue weighted by molar-refractivity contribution is 14.1. The van der Waals surface area contributed by atoms with Gasteiger partial charge in [-0.1, -0.05) is 11.6 Å². The van der Waals surface area contributed by atoms with Gasteiger partial charge < -0.3 is 20.8 Å². The van der Waals surface area contributed by atoms with Crippen molar-refractivity contribution in [2.45, 2.75) is 12.5 Å². The Balaban J connectivity index is 2.66. The summed E-state index contributed by atoms with van der Waals surface area (Å²) in [5, 5.41) is 22.6. The molecule has 8 heteroatoms. The van der Waals surface area contributed by atoms with Gasteiger partial charge >= 0.3 is 12.0 Å². The summed E-state index contributed by atoms with van der Waals surface area (Å²) in [7, 11) is 0. The zero-order chi connectivity index (χ0) is 14.4. The van der Waals surface area contributed by atoms with Crippen molar-refractivity contribution < 1.29 is 19.8 Å². The average molecular weight is 399 g/mol. The van der Waals surface area contributed by atoms with Crippen molar-refractivity contribution in [1.29, 1.82) is 0 Å². The lowest BCUT2D eigenvalue weighted by molar-refractivity contribution is -0.139. The molecule has 0 bridgehead atoms. The number of aliphatic hydroxyl groups excluding tert-OH is 1. The first-order valence-electron chi connectivity index (χ1n) is 5.30. The van der Waals surface area contributed by atoms with E-state index in [-0.39, 0.29) is 13.0 Å². The number of carboxylic acids is 1. The van der Waals surface area contributed by atoms with Crippen molar-refractivity contribution in [1.82, 2.24) is 5.32 Å². The highest BCUT2D eigenvalue weighted by Gasteiger charge is 2.19. The number of amides is 2. The van der Waals surface area contributed by atoms with Crippen LogP contribution in [0.25, 0.3) is 0 Å². The fourth-order valence-corrected chi connectivity index (χ4v) is 2.20. The van der Waals surface area contributed by atoms with Crippen LogP contribution in [0.5, 0.6) is 0 Å². The smallest absolute Gasteiger partial charge is 0.326 e. The van der Waals surface area contributed by atoms with Crippen molar-refractivity contribution in [2.24, 2.45) is 0 Å². The second-order valence-corrected chi connectivity index (χ2v) is 5.28. The van der Waals surface area contributed by atoms with Gasteiger partial charge in [0.15, 0.2) is 0 Å². The van der Waals surface area contributed by atoms with Gasteiger partial charge in [0, 0.05) is 16.6 Å². The second-order valence-electron chi connectivity index (χ2n) is 3.63. The molecule has 0 aliphatic carbocycles. The molecule has 0 heterocycles. The lowest BCUT2D eigenvalue weighted by Crippen LogP contribution is -2.43. The van der Waals surface area contributed by atoms with E-state index >= 15 is 0 Å². The van der Waals surface area contributed by atoms with Crippen LogP contribution in [-0.4, -0.2) is 34.9 Å². The third-order valence-electron chi connectivity index (χ3n) is 2.20. The summed E-state index contributed by atoms with van der Waals surface area (Å²) in [5.41, 5.74) is 0.382. The van der Waals surface area contributed by atoms with Crippen molar-refractivity contribution in [3.63, 3.8) is 0 Å². The molecule has 6 nitrogen and oxygen atoms in total. The summed E-state index contributed by atoms with van der Waals surface area (Å²) in [5.74, 6) is -1.21. The minimum absolute atomic E-state index is 0.0663. The maximum absolute atomic E-state index is 11.6. The number of carboxylic acid groups (broad SMARTS) is 1. The Bertz CT molecular complexity index is 484. The summed E-state index contributed by atoms with van der Waals surface area (Å²) in [4.78, 5) is 22.4. The molecular weight excluding hydrogens is 386 g/mol. The Morgan fingerprint density at radius 3 is 2.63 bits per heavy atom. The maximum Gasteiger partial charge on any atom is 0.326 e. The van der Waals surface area contributed by atoms with Crippen LogP contribution >= 0.6 is 34.2 Å². The van der Waals surface area contributed by atoms with Crippen molar-refractivity contribution >= 4 is 51.9 Å². The van der Waals surface area contributed by atoms with Gasteiger partial charge in [-0.15, -0.1) is 0 Å². The monoisotopic (exact) mass is 398 g/mol. The lowest BCUT2D eigenvalue weighted by Gasteiger charge is -2.14. The fourth-order valence-electron chi connectivity index (χ4n) is 1.29. The normalized spacial score (nSPS) is 11.7. The molecule has 0 saturated heterocycles. The molecule has 104 valence electrons. The van der Waals surface area contributed by atoms with Gasteiger partial charge in [-0.05, 0) is 40.8 Å². The Labute approximate surface area is 128 Å². The topological polar surface area (TPSA) is 98.7 Å². The first-order valence-corrected chi connectivity index (χ1v) is 6.76. The number of carbonyl (C=O) groups is 2. The number of urea groups is 1. The quantitative estimate of drug-likeness (QED) is 0.569. The first-order chi connectivity index (χ1) is 8.93. The van der Waals surface area contributed by atoms with Crippen LogP contribution in [0.2, 0.25) is 5.02 Å². The van der Waals surface area contributed by atoms with Crippen LogP contribution in [0.15, 0.2) is 18.2 Å². The van der Waals surface area contributed by atoms with E-state index in [1.807, 2.05) is 0 Å². The Kier molecular flexibility index (Phi) is 6.32. The molecule has 1 rings (SSSR count). The van der Waals surface area contributed by atoms with Crippen LogP contribution in [0.3, 0.4) is 0 Å². The second kappa shape index (κ2) is 7.51. The summed E-state index contributed by atoms with van der Waals surface area (Å²) in [6, 6.07) is 3.20. The molecule has 0 fully saturated rings. The van der Waals surface area contributed by atoms with Crippen LogP contribution in [0.1, 0.15) is 6.42 Å². The van der Waals surface area contributed by atoms with Crippen molar-refractivity contribution in [3.8, 4) is 0 Å². The van der Waals surface area contributed by atoms with Crippen LogP contribution < -0.4 is 10.6 Å². The number of aliphatic carboxylic acids is 1. The number of rotatable bonds is 5. The van der Waals surface area contributed by atoms with Gasteiger partial charge in [0.2, 0.25) is 0 Å². The molecule has 1 atom stereocenters. The molecular formula is C11H12ClIN2O4. The standard InChI is InChI=1S/C11H12ClIN2O4/c12-7-5-6(13)1-2-8(7)14-11(19)15-9(3-4-16)10(17)18/h1-2,5,9,16H,3-4H2,(H,17,18)(H2,14,15,19). The number of hydrogen-bond acceptors (Lipinski definition) is 3. The third-order valence-corrected chi connectivity index (χ3v) is 3.18. The van der Waals surface area contributed by atoms with Gasteiger partial charge in [0.1, 0.15) is 6.04 Å². The molecule has 19 heavy (non-hydrogen) atoms. The van der Waals surface area contributed by atoms with E-state index in [1.54, 1.807) is 18.2 Å². The van der Waals surface area contributed by atoms with E-state index in [1.165, 1.54) is 0 Å². The van der Waals surface area contributed by atoms with Gasteiger partial charge in [-0.2, -0.15) is 0 Å². The minimum Gasteiger partial charge on any atom is -0.480 e. The maximum atomic E-state index is 11.6. The number of halogens is 2. The van der Waals surface area contributed by atoms with Crippen molar-refractivity contribution in [3.05, 3.63) is 26.8 Å². The molecule has 0 radical (unpaired) electrons. The summed E-state index contributed by atoms with van der Waals surface area (Å²) in [6.07, 6.45) is -0.0663. The van der Waals surface area contributed by atoms with Gasteiger partial charge in [-0.25, -0.2) is 9.59 Å². The van der Waals surface area contributed by atoms with Crippen molar-refractivity contribution in [2.75, 3.05) is 11.9 Å². The van der Waals surface area contributed by atoms with E-state index < -0.39 is 18.0 Å². The average Bonchev–Trinajstić information content (AvgIpc) is 2.32. The molecule has 0 spiro atoms. The van der Waals surface area contributed by atoms with Gasteiger partial charge in [0.25, 0.3) is 0 Å². The molecule has 1 unspecified atom stereocenters. The predicted octanol–water partition coefficient (Wildman–Crippen LogP) is 1.90. The number of anilines is 1. The lowest BCUT2D eigenvalue weighted by atomic mass is 10.2. The van der Waals surface area contributed by atoms with E-state index in [0.717, 1.165) is 3.57 Å². The van der Waals surface area contributed by atoms with Gasteiger partial charge in [-0.3, -0.25) is 0 Å². The molecule has 0 aliphatic rings. The Morgan fingerprint density at radius 1 is 1.42 bits per heavy atom. The molecule has 2 amide bonds. The van der Waals surface area contributed by atoms with E-state index in [2.05, 4.69) is 33.2 Å². The Hall–Kier alpha value is -1.06. The Morgan fingerprint density at radius 2 is 2.11 bits per heavy atom. The van der Waals surface area contributed by atoms with Gasteiger partial charge in [0.05, 0.1) is 10.7 Å². The molecule has 1 aromatic rings. The number of hydrogen-bond donors (Lipinski definition) is 4. The minimum atomic E-state index is -1.21. The van der Waals surface area contributed by atoms with E-state index in [9.17, 15) is 9.59 Å². The number of benzene rings is 1. The van der Waals surface area contributed by atoms with E-state index in [4.69, 9.17) is 21.8 Å². The molecule has 0 saturated carbocycles. The highest BCUT2D eigenvalue weighted by atomic mass is 127. The summed E-state index contributed by atoms with van der Waals surface area (Å²) < 4.78 is 0.914. The number of nitrogens with one attached hydrogen (secondary N) is 2. The fraction of sp³-hybridized carbons (Fsp3) is 0.273. The molecule has 4 N–H and O–H groups in total.